The van der Waals surface area contributed by atoms with Crippen LogP contribution in [0.4, 0.5) is 5.69 Å². The van der Waals surface area contributed by atoms with Crippen molar-refractivity contribution < 1.29 is 9.90 Å². The minimum atomic E-state index is -0.878. The SMILES string of the molecule is Cn1c(SCC(=O)O)nnc1-c1ccc(N)cc1. The number of nitrogen functional groups attached to an aromatic ring is 1. The van der Waals surface area contributed by atoms with Gasteiger partial charge >= 0.3 is 5.97 Å². The van der Waals surface area contributed by atoms with Crippen molar-refractivity contribution in [2.24, 2.45) is 7.05 Å². The number of aromatic nitrogens is 3. The van der Waals surface area contributed by atoms with Gasteiger partial charge in [-0.3, -0.25) is 4.79 Å². The summed E-state index contributed by atoms with van der Waals surface area (Å²) in [5.74, 6) is -0.229. The molecule has 0 atom stereocenters. The maximum absolute atomic E-state index is 10.5. The Kier molecular flexibility index (Phi) is 3.52. The number of rotatable bonds is 4. The van der Waals surface area contributed by atoms with Crippen LogP contribution in [0.2, 0.25) is 0 Å². The first-order valence-electron chi connectivity index (χ1n) is 5.18. The summed E-state index contributed by atoms with van der Waals surface area (Å²) < 4.78 is 1.76. The highest BCUT2D eigenvalue weighted by molar-refractivity contribution is 7.99. The Hall–Kier alpha value is -2.02. The lowest BCUT2D eigenvalue weighted by Gasteiger charge is -2.03. The van der Waals surface area contributed by atoms with Gasteiger partial charge in [0, 0.05) is 18.3 Å². The highest BCUT2D eigenvalue weighted by Gasteiger charge is 2.12. The van der Waals surface area contributed by atoms with Gasteiger partial charge in [-0.05, 0) is 24.3 Å². The Morgan fingerprint density at radius 3 is 2.67 bits per heavy atom. The molecular formula is C11H12N4O2S. The zero-order valence-electron chi connectivity index (χ0n) is 9.70. The summed E-state index contributed by atoms with van der Waals surface area (Å²) in [6, 6.07) is 7.28. The molecule has 0 unspecified atom stereocenters. The van der Waals surface area contributed by atoms with Crippen molar-refractivity contribution in [3.8, 4) is 11.4 Å². The Morgan fingerprint density at radius 1 is 1.39 bits per heavy atom. The predicted molar refractivity (Wildman–Crippen MR) is 69.2 cm³/mol. The standard InChI is InChI=1S/C11H12N4O2S/c1-15-10(7-2-4-8(12)5-3-7)13-14-11(15)18-6-9(16)17/h2-5H,6,12H2,1H3,(H,16,17). The summed E-state index contributed by atoms with van der Waals surface area (Å²) >= 11 is 1.14. The maximum Gasteiger partial charge on any atom is 0.313 e. The molecule has 1 aromatic heterocycles. The molecule has 2 rings (SSSR count). The molecule has 2 aromatic rings. The van der Waals surface area contributed by atoms with Crippen molar-refractivity contribution in [1.29, 1.82) is 0 Å². The molecule has 0 radical (unpaired) electrons. The minimum absolute atomic E-state index is 0.0340. The van der Waals surface area contributed by atoms with Gasteiger partial charge in [-0.2, -0.15) is 0 Å². The van der Waals surface area contributed by atoms with E-state index in [4.69, 9.17) is 10.8 Å². The van der Waals surface area contributed by atoms with Crippen LogP contribution in [0.1, 0.15) is 0 Å². The number of carboxylic acids is 1. The van der Waals surface area contributed by atoms with Crippen LogP contribution < -0.4 is 5.73 Å². The number of thioether (sulfide) groups is 1. The first-order valence-corrected chi connectivity index (χ1v) is 6.16. The molecule has 94 valence electrons. The van der Waals surface area contributed by atoms with Gasteiger partial charge in [0.2, 0.25) is 0 Å². The van der Waals surface area contributed by atoms with Crippen LogP contribution in [-0.4, -0.2) is 31.6 Å². The molecule has 1 aromatic carbocycles. The number of carboxylic acid groups (broad SMARTS) is 1. The summed E-state index contributed by atoms with van der Waals surface area (Å²) in [5.41, 5.74) is 7.19. The highest BCUT2D eigenvalue weighted by atomic mass is 32.2. The van der Waals surface area contributed by atoms with Crippen LogP contribution in [0.3, 0.4) is 0 Å². The largest absolute Gasteiger partial charge is 0.481 e. The van der Waals surface area contributed by atoms with Gasteiger partial charge in [0.15, 0.2) is 11.0 Å². The third kappa shape index (κ3) is 2.62. The Balaban J connectivity index is 2.25. The molecule has 6 nitrogen and oxygen atoms in total. The fourth-order valence-electron chi connectivity index (χ4n) is 1.45. The van der Waals surface area contributed by atoms with Crippen LogP contribution in [0.25, 0.3) is 11.4 Å². The number of hydrogen-bond donors (Lipinski definition) is 2. The van der Waals surface area contributed by atoms with E-state index in [2.05, 4.69) is 10.2 Å². The predicted octanol–water partition coefficient (Wildman–Crippen LogP) is 1.24. The third-order valence-electron chi connectivity index (χ3n) is 2.33. The van der Waals surface area contributed by atoms with Gasteiger partial charge in [-0.1, -0.05) is 11.8 Å². The average Bonchev–Trinajstić information content (AvgIpc) is 2.69. The molecule has 7 heteroatoms. The van der Waals surface area contributed by atoms with Crippen molar-refractivity contribution in [3.63, 3.8) is 0 Å². The summed E-state index contributed by atoms with van der Waals surface area (Å²) in [4.78, 5) is 10.5. The third-order valence-corrected chi connectivity index (χ3v) is 3.33. The smallest absolute Gasteiger partial charge is 0.313 e. The second-order valence-electron chi connectivity index (χ2n) is 3.67. The maximum atomic E-state index is 10.5. The van der Waals surface area contributed by atoms with Crippen molar-refractivity contribution in [2.75, 3.05) is 11.5 Å². The number of hydrogen-bond acceptors (Lipinski definition) is 5. The molecule has 0 aliphatic carbocycles. The molecule has 0 saturated heterocycles. The van der Waals surface area contributed by atoms with Gasteiger partial charge in [0.25, 0.3) is 0 Å². The minimum Gasteiger partial charge on any atom is -0.481 e. The highest BCUT2D eigenvalue weighted by Crippen LogP contribution is 2.23. The molecular weight excluding hydrogens is 252 g/mol. The second kappa shape index (κ2) is 5.09. The van der Waals surface area contributed by atoms with E-state index in [1.165, 1.54) is 0 Å². The number of nitrogens with two attached hydrogens (primary N) is 1. The molecule has 0 saturated carbocycles. The van der Waals surface area contributed by atoms with Gasteiger partial charge in [0.1, 0.15) is 0 Å². The monoisotopic (exact) mass is 264 g/mol. The average molecular weight is 264 g/mol. The van der Waals surface area contributed by atoms with Crippen LogP contribution in [0, 0.1) is 0 Å². The molecule has 0 aliphatic rings. The fraction of sp³-hybridized carbons (Fsp3) is 0.182. The van der Waals surface area contributed by atoms with Crippen LogP contribution in [0.15, 0.2) is 29.4 Å². The van der Waals surface area contributed by atoms with E-state index >= 15 is 0 Å². The quantitative estimate of drug-likeness (QED) is 0.637. The van der Waals surface area contributed by atoms with E-state index in [1.54, 1.807) is 23.7 Å². The number of benzene rings is 1. The van der Waals surface area contributed by atoms with E-state index in [0.29, 0.717) is 16.7 Å². The van der Waals surface area contributed by atoms with Crippen LogP contribution >= 0.6 is 11.8 Å². The number of aliphatic carboxylic acids is 1. The van der Waals surface area contributed by atoms with Crippen molar-refractivity contribution in [2.45, 2.75) is 5.16 Å². The molecule has 3 N–H and O–H groups in total. The van der Waals surface area contributed by atoms with Gasteiger partial charge in [-0.25, -0.2) is 0 Å². The molecule has 18 heavy (non-hydrogen) atoms. The number of anilines is 1. The van der Waals surface area contributed by atoms with Gasteiger partial charge in [0.05, 0.1) is 5.75 Å². The molecule has 0 spiro atoms. The van der Waals surface area contributed by atoms with E-state index in [1.807, 2.05) is 12.1 Å². The topological polar surface area (TPSA) is 94.0 Å². The zero-order valence-corrected chi connectivity index (χ0v) is 10.5. The lowest BCUT2D eigenvalue weighted by Crippen LogP contribution is -2.01. The summed E-state index contributed by atoms with van der Waals surface area (Å²) in [7, 11) is 1.80. The normalized spacial score (nSPS) is 10.5. The number of nitrogens with zero attached hydrogens (tertiary/aromatic N) is 3. The van der Waals surface area contributed by atoms with E-state index in [-0.39, 0.29) is 5.75 Å². The summed E-state index contributed by atoms with van der Waals surface area (Å²) in [5, 5.41) is 17.2. The molecule has 0 amide bonds. The number of carbonyl (C=O) groups is 1. The van der Waals surface area contributed by atoms with Crippen molar-refractivity contribution in [3.05, 3.63) is 24.3 Å². The van der Waals surface area contributed by atoms with Gasteiger partial charge < -0.3 is 15.4 Å². The second-order valence-corrected chi connectivity index (χ2v) is 4.61. The molecule has 0 bridgehead atoms. The first-order chi connectivity index (χ1) is 8.58. The Morgan fingerprint density at radius 2 is 2.06 bits per heavy atom. The van der Waals surface area contributed by atoms with Crippen molar-refractivity contribution >= 4 is 23.4 Å². The molecule has 1 heterocycles. The van der Waals surface area contributed by atoms with Gasteiger partial charge in [-0.15, -0.1) is 10.2 Å². The summed E-state index contributed by atoms with van der Waals surface area (Å²) in [6.45, 7) is 0. The van der Waals surface area contributed by atoms with E-state index in [0.717, 1.165) is 17.3 Å². The van der Waals surface area contributed by atoms with E-state index in [9.17, 15) is 4.79 Å². The van der Waals surface area contributed by atoms with Crippen molar-refractivity contribution in [1.82, 2.24) is 14.8 Å². The Labute approximate surface area is 108 Å². The zero-order chi connectivity index (χ0) is 13.1. The lowest BCUT2D eigenvalue weighted by molar-refractivity contribution is -0.133. The van der Waals surface area contributed by atoms with E-state index < -0.39 is 5.97 Å². The fourth-order valence-corrected chi connectivity index (χ4v) is 2.08. The van der Waals surface area contributed by atoms with Crippen LogP contribution in [-0.2, 0) is 11.8 Å². The first kappa shape index (κ1) is 12.4. The van der Waals surface area contributed by atoms with Crippen LogP contribution in [0.5, 0.6) is 0 Å². The molecule has 0 aliphatic heterocycles. The summed E-state index contributed by atoms with van der Waals surface area (Å²) in [6.07, 6.45) is 0. The molecule has 0 fully saturated rings. The Bertz CT molecular complexity index is 565. The lowest BCUT2D eigenvalue weighted by atomic mass is 10.2.